The average molecular weight is 308 g/mol. The summed E-state index contributed by atoms with van der Waals surface area (Å²) in [6.07, 6.45) is 3.82. The zero-order valence-electron chi connectivity index (χ0n) is 12.8. The minimum absolute atomic E-state index is 0.229. The Kier molecular flexibility index (Phi) is 5.42. The quantitative estimate of drug-likeness (QED) is 0.813. The molecule has 0 aliphatic heterocycles. The van der Waals surface area contributed by atoms with Gasteiger partial charge in [0.25, 0.3) is 0 Å². The van der Waals surface area contributed by atoms with Crippen LogP contribution in [0, 0.1) is 0 Å². The van der Waals surface area contributed by atoms with Crippen molar-refractivity contribution in [1.82, 2.24) is 9.88 Å². The van der Waals surface area contributed by atoms with E-state index in [0.29, 0.717) is 6.42 Å². The Balaban J connectivity index is 2.16. The van der Waals surface area contributed by atoms with E-state index in [9.17, 15) is 8.42 Å². The summed E-state index contributed by atoms with van der Waals surface area (Å²) in [5.74, 6) is 0.495. The van der Waals surface area contributed by atoms with Crippen molar-refractivity contribution >= 4 is 20.7 Å². The number of benzene rings is 1. The van der Waals surface area contributed by atoms with Gasteiger partial charge in [0.1, 0.15) is 9.84 Å². The van der Waals surface area contributed by atoms with Crippen LogP contribution in [0.4, 0.5) is 0 Å². The molecule has 0 amide bonds. The molecule has 0 fully saturated rings. The first kappa shape index (κ1) is 16.0. The number of sulfone groups is 1. The number of hydrogen-bond donors (Lipinski definition) is 1. The zero-order valence-corrected chi connectivity index (χ0v) is 13.6. The number of likely N-dealkylation sites (N-methyl/N-ethyl adjacent to an activating group) is 1. The van der Waals surface area contributed by atoms with Gasteiger partial charge in [-0.05, 0) is 38.1 Å². The molecule has 0 saturated carbocycles. The Morgan fingerprint density at radius 1 is 1.24 bits per heavy atom. The standard InChI is InChI=1S/C16H24N2O2S/c1-3-21(19,20)12-6-11-18-13-14(9-10-17-2)15-7-4-5-8-16(15)18/h4-5,7-8,13,17H,3,6,9-12H2,1-2H3. The van der Waals surface area contributed by atoms with Crippen LogP contribution < -0.4 is 5.32 Å². The second-order valence-electron chi connectivity index (χ2n) is 5.31. The smallest absolute Gasteiger partial charge is 0.150 e. The van der Waals surface area contributed by atoms with Gasteiger partial charge in [-0.3, -0.25) is 0 Å². The summed E-state index contributed by atoms with van der Waals surface area (Å²) in [4.78, 5) is 0. The predicted molar refractivity (Wildman–Crippen MR) is 88.5 cm³/mol. The van der Waals surface area contributed by atoms with Gasteiger partial charge in [0.15, 0.2) is 0 Å². The first-order valence-electron chi connectivity index (χ1n) is 7.49. The minimum Gasteiger partial charge on any atom is -0.347 e. The molecule has 0 aliphatic carbocycles. The van der Waals surface area contributed by atoms with Gasteiger partial charge < -0.3 is 9.88 Å². The normalized spacial score (nSPS) is 12.1. The van der Waals surface area contributed by atoms with E-state index in [0.717, 1.165) is 19.5 Å². The fraction of sp³-hybridized carbons (Fsp3) is 0.500. The molecule has 116 valence electrons. The maximum Gasteiger partial charge on any atom is 0.150 e. The molecule has 0 spiro atoms. The SMILES string of the molecule is CCS(=O)(=O)CCCn1cc(CCNC)c2ccccc21. The van der Waals surface area contributed by atoms with Crippen molar-refractivity contribution < 1.29 is 8.42 Å². The lowest BCUT2D eigenvalue weighted by Gasteiger charge is -2.05. The number of fused-ring (bicyclic) bond motifs is 1. The summed E-state index contributed by atoms with van der Waals surface area (Å²) < 4.78 is 25.4. The van der Waals surface area contributed by atoms with Crippen molar-refractivity contribution in [3.05, 3.63) is 36.0 Å². The number of aryl methyl sites for hydroxylation is 1. The molecule has 5 heteroatoms. The molecule has 1 heterocycles. The molecule has 4 nitrogen and oxygen atoms in total. The summed E-state index contributed by atoms with van der Waals surface area (Å²) in [7, 11) is -0.920. The van der Waals surface area contributed by atoms with Gasteiger partial charge in [0, 0.05) is 29.4 Å². The number of nitrogens with one attached hydrogen (secondary N) is 1. The highest BCUT2D eigenvalue weighted by Gasteiger charge is 2.10. The van der Waals surface area contributed by atoms with Gasteiger partial charge in [0.2, 0.25) is 0 Å². The zero-order chi connectivity index (χ0) is 15.3. The van der Waals surface area contributed by atoms with Gasteiger partial charge in [-0.1, -0.05) is 25.1 Å². The molecule has 1 aromatic carbocycles. The number of hydrogen-bond acceptors (Lipinski definition) is 3. The average Bonchev–Trinajstić information content (AvgIpc) is 2.83. The van der Waals surface area contributed by atoms with Crippen LogP contribution in [0.15, 0.2) is 30.5 Å². The molecule has 0 bridgehead atoms. The van der Waals surface area contributed by atoms with Crippen LogP contribution in [0.2, 0.25) is 0 Å². The van der Waals surface area contributed by atoms with E-state index in [1.54, 1.807) is 6.92 Å². The van der Waals surface area contributed by atoms with Crippen LogP contribution in [0.3, 0.4) is 0 Å². The molecule has 2 aromatic rings. The second kappa shape index (κ2) is 7.09. The monoisotopic (exact) mass is 308 g/mol. The topological polar surface area (TPSA) is 51.1 Å². The first-order valence-corrected chi connectivity index (χ1v) is 9.31. The third-order valence-electron chi connectivity index (χ3n) is 3.81. The Morgan fingerprint density at radius 2 is 2.00 bits per heavy atom. The molecule has 0 atom stereocenters. The van der Waals surface area contributed by atoms with Gasteiger partial charge in [-0.15, -0.1) is 0 Å². The molecule has 1 aromatic heterocycles. The van der Waals surface area contributed by atoms with Crippen molar-refractivity contribution in [3.63, 3.8) is 0 Å². The Hall–Kier alpha value is -1.33. The van der Waals surface area contributed by atoms with Gasteiger partial charge >= 0.3 is 0 Å². The maximum atomic E-state index is 11.6. The van der Waals surface area contributed by atoms with Crippen LogP contribution in [0.5, 0.6) is 0 Å². The van der Waals surface area contributed by atoms with Crippen LogP contribution in [-0.4, -0.2) is 38.1 Å². The molecule has 2 rings (SSSR count). The van der Waals surface area contributed by atoms with Crippen LogP contribution in [0.25, 0.3) is 10.9 Å². The van der Waals surface area contributed by atoms with Crippen molar-refractivity contribution in [2.45, 2.75) is 26.3 Å². The van der Waals surface area contributed by atoms with Crippen LogP contribution in [-0.2, 0) is 22.8 Å². The van der Waals surface area contributed by atoms with Gasteiger partial charge in [-0.25, -0.2) is 8.42 Å². The first-order chi connectivity index (χ1) is 10.1. The van der Waals surface area contributed by atoms with Crippen LogP contribution in [0.1, 0.15) is 18.9 Å². The van der Waals surface area contributed by atoms with E-state index in [2.05, 4.69) is 34.3 Å². The van der Waals surface area contributed by atoms with E-state index < -0.39 is 9.84 Å². The molecular weight excluding hydrogens is 284 g/mol. The van der Waals surface area contributed by atoms with E-state index in [1.165, 1.54) is 16.5 Å². The summed E-state index contributed by atoms with van der Waals surface area (Å²) in [5.41, 5.74) is 2.51. The molecule has 0 aliphatic rings. The maximum absolute atomic E-state index is 11.6. The number of aromatic nitrogens is 1. The highest BCUT2D eigenvalue weighted by Crippen LogP contribution is 2.22. The molecule has 0 saturated heterocycles. The Morgan fingerprint density at radius 3 is 2.71 bits per heavy atom. The van der Waals surface area contributed by atoms with E-state index in [-0.39, 0.29) is 11.5 Å². The number of rotatable bonds is 8. The highest BCUT2D eigenvalue weighted by molar-refractivity contribution is 7.91. The van der Waals surface area contributed by atoms with Gasteiger partial charge in [-0.2, -0.15) is 0 Å². The molecule has 0 radical (unpaired) electrons. The molecule has 0 unspecified atom stereocenters. The Labute approximate surface area is 127 Å². The highest BCUT2D eigenvalue weighted by atomic mass is 32.2. The summed E-state index contributed by atoms with van der Waals surface area (Å²) in [6.45, 7) is 3.40. The summed E-state index contributed by atoms with van der Waals surface area (Å²) in [5, 5.41) is 4.44. The predicted octanol–water partition coefficient (Wildman–Crippen LogP) is 2.23. The van der Waals surface area contributed by atoms with Gasteiger partial charge in [0.05, 0.1) is 5.75 Å². The molecule has 21 heavy (non-hydrogen) atoms. The second-order valence-corrected chi connectivity index (χ2v) is 7.78. The third-order valence-corrected chi connectivity index (χ3v) is 5.60. The fourth-order valence-corrected chi connectivity index (χ4v) is 3.42. The lowest BCUT2D eigenvalue weighted by molar-refractivity contribution is 0.589. The molecular formula is C16H24N2O2S. The lowest BCUT2D eigenvalue weighted by Crippen LogP contribution is -2.11. The fourth-order valence-electron chi connectivity index (χ4n) is 2.57. The summed E-state index contributed by atoms with van der Waals surface area (Å²) in [6, 6.07) is 8.33. The lowest BCUT2D eigenvalue weighted by atomic mass is 10.1. The van der Waals surface area contributed by atoms with Crippen molar-refractivity contribution in [3.8, 4) is 0 Å². The number of para-hydroxylation sites is 1. The van der Waals surface area contributed by atoms with Crippen molar-refractivity contribution in [2.75, 3.05) is 25.1 Å². The summed E-state index contributed by atoms with van der Waals surface area (Å²) >= 11 is 0. The van der Waals surface area contributed by atoms with E-state index in [4.69, 9.17) is 0 Å². The minimum atomic E-state index is -2.87. The Bertz CT molecular complexity index is 689. The van der Waals surface area contributed by atoms with Crippen LogP contribution >= 0.6 is 0 Å². The van der Waals surface area contributed by atoms with E-state index >= 15 is 0 Å². The number of nitrogens with zero attached hydrogens (tertiary/aromatic N) is 1. The van der Waals surface area contributed by atoms with Crippen molar-refractivity contribution in [1.29, 1.82) is 0 Å². The third kappa shape index (κ3) is 4.08. The van der Waals surface area contributed by atoms with Crippen molar-refractivity contribution in [2.24, 2.45) is 0 Å². The van der Waals surface area contributed by atoms with E-state index in [1.807, 2.05) is 13.1 Å². The molecule has 1 N–H and O–H groups in total. The largest absolute Gasteiger partial charge is 0.347 e.